The fraction of sp³-hybridized carbons (Fsp3) is 0.222. The van der Waals surface area contributed by atoms with Crippen molar-refractivity contribution in [1.82, 2.24) is 10.2 Å². The minimum absolute atomic E-state index is 0.0725. The fourth-order valence-corrected chi connectivity index (χ4v) is 2.70. The van der Waals surface area contributed by atoms with Gasteiger partial charge in [0.25, 0.3) is 5.91 Å². The zero-order valence-electron chi connectivity index (χ0n) is 12.5. The summed E-state index contributed by atoms with van der Waals surface area (Å²) in [6.07, 6.45) is 0.376. The second-order valence-corrected chi connectivity index (χ2v) is 5.60. The Morgan fingerprint density at radius 1 is 1.09 bits per heavy atom. The summed E-state index contributed by atoms with van der Waals surface area (Å²) in [5.74, 6) is -0.0609. The van der Waals surface area contributed by atoms with Crippen molar-refractivity contribution < 1.29 is 9.59 Å². The summed E-state index contributed by atoms with van der Waals surface area (Å²) < 4.78 is 0. The summed E-state index contributed by atoms with van der Waals surface area (Å²) in [5.41, 5.74) is 2.70. The Hall–Kier alpha value is -2.62. The van der Waals surface area contributed by atoms with Crippen molar-refractivity contribution in [2.75, 3.05) is 13.6 Å². The molecule has 0 aromatic heterocycles. The van der Waals surface area contributed by atoms with Gasteiger partial charge in [-0.05, 0) is 23.3 Å². The lowest BCUT2D eigenvalue weighted by Gasteiger charge is -2.13. The summed E-state index contributed by atoms with van der Waals surface area (Å²) in [7, 11) is 1.75. The van der Waals surface area contributed by atoms with E-state index >= 15 is 0 Å². The summed E-state index contributed by atoms with van der Waals surface area (Å²) in [6.45, 7) is 0.572. The first-order valence-electron chi connectivity index (χ1n) is 7.34. The maximum Gasteiger partial charge on any atom is 0.251 e. The van der Waals surface area contributed by atoms with Gasteiger partial charge in [-0.3, -0.25) is 9.59 Å². The van der Waals surface area contributed by atoms with Gasteiger partial charge in [-0.25, -0.2) is 0 Å². The molecule has 2 amide bonds. The molecular formula is C18H18N2O2. The smallest absolute Gasteiger partial charge is 0.251 e. The van der Waals surface area contributed by atoms with Crippen LogP contribution in [0, 0.1) is 0 Å². The molecule has 1 atom stereocenters. The second kappa shape index (κ2) is 6.02. The van der Waals surface area contributed by atoms with Gasteiger partial charge in [-0.1, -0.05) is 42.5 Å². The molecule has 2 aromatic carbocycles. The molecule has 112 valence electrons. The van der Waals surface area contributed by atoms with E-state index in [2.05, 4.69) is 5.32 Å². The van der Waals surface area contributed by atoms with E-state index in [0.717, 1.165) is 11.1 Å². The molecule has 1 unspecified atom stereocenters. The van der Waals surface area contributed by atoms with Crippen LogP contribution in [0.2, 0.25) is 0 Å². The molecule has 1 fully saturated rings. The lowest BCUT2D eigenvalue weighted by atomic mass is 10.0. The van der Waals surface area contributed by atoms with Crippen LogP contribution in [0.4, 0.5) is 0 Å². The summed E-state index contributed by atoms with van der Waals surface area (Å²) in [6, 6.07) is 17.4. The highest BCUT2D eigenvalue weighted by atomic mass is 16.2. The minimum Gasteiger partial charge on any atom is -0.347 e. The van der Waals surface area contributed by atoms with Crippen molar-refractivity contribution >= 4 is 11.8 Å². The van der Waals surface area contributed by atoms with Crippen LogP contribution in [-0.4, -0.2) is 36.3 Å². The molecule has 22 heavy (non-hydrogen) atoms. The van der Waals surface area contributed by atoms with Crippen LogP contribution < -0.4 is 5.32 Å². The van der Waals surface area contributed by atoms with Gasteiger partial charge in [-0.15, -0.1) is 0 Å². The van der Waals surface area contributed by atoms with Gasteiger partial charge in [0.05, 0.1) is 6.04 Å². The molecule has 0 spiro atoms. The Kier molecular flexibility index (Phi) is 3.92. The van der Waals surface area contributed by atoms with Crippen LogP contribution >= 0.6 is 0 Å². The van der Waals surface area contributed by atoms with Gasteiger partial charge in [0.2, 0.25) is 5.91 Å². The Morgan fingerprint density at radius 3 is 2.50 bits per heavy atom. The minimum atomic E-state index is -0.133. The molecule has 0 saturated carbocycles. The van der Waals surface area contributed by atoms with Gasteiger partial charge >= 0.3 is 0 Å². The van der Waals surface area contributed by atoms with E-state index in [4.69, 9.17) is 0 Å². The van der Waals surface area contributed by atoms with E-state index in [1.54, 1.807) is 18.0 Å². The molecule has 0 radical (unpaired) electrons. The largest absolute Gasteiger partial charge is 0.347 e. The SMILES string of the molecule is CN1CC(NC(=O)c2cccc(-c3ccccc3)c2)CC1=O. The van der Waals surface area contributed by atoms with Crippen LogP contribution in [0.5, 0.6) is 0 Å². The van der Waals surface area contributed by atoms with Gasteiger partial charge < -0.3 is 10.2 Å². The monoisotopic (exact) mass is 294 g/mol. The zero-order chi connectivity index (χ0) is 15.5. The van der Waals surface area contributed by atoms with Crippen LogP contribution in [-0.2, 0) is 4.79 Å². The summed E-state index contributed by atoms with van der Waals surface area (Å²) in [4.78, 5) is 25.5. The van der Waals surface area contributed by atoms with Crippen LogP contribution in [0.25, 0.3) is 11.1 Å². The van der Waals surface area contributed by atoms with E-state index < -0.39 is 0 Å². The Balaban J connectivity index is 1.75. The molecule has 4 nitrogen and oxygen atoms in total. The quantitative estimate of drug-likeness (QED) is 0.944. The Morgan fingerprint density at radius 2 is 1.82 bits per heavy atom. The van der Waals surface area contributed by atoms with E-state index in [-0.39, 0.29) is 17.9 Å². The number of likely N-dealkylation sites (tertiary alicyclic amines) is 1. The zero-order valence-corrected chi connectivity index (χ0v) is 12.5. The van der Waals surface area contributed by atoms with Crippen molar-refractivity contribution in [2.24, 2.45) is 0 Å². The van der Waals surface area contributed by atoms with Crippen molar-refractivity contribution in [1.29, 1.82) is 0 Å². The first-order chi connectivity index (χ1) is 10.6. The molecule has 1 aliphatic rings. The van der Waals surface area contributed by atoms with Crippen molar-refractivity contribution in [3.63, 3.8) is 0 Å². The predicted molar refractivity (Wildman–Crippen MR) is 85.4 cm³/mol. The first kappa shape index (κ1) is 14.3. The lowest BCUT2D eigenvalue weighted by Crippen LogP contribution is -2.36. The highest BCUT2D eigenvalue weighted by molar-refractivity contribution is 5.96. The number of hydrogen-bond donors (Lipinski definition) is 1. The number of carbonyl (C=O) groups excluding carboxylic acids is 2. The Bertz CT molecular complexity index is 697. The molecule has 1 aliphatic heterocycles. The van der Waals surface area contributed by atoms with Crippen molar-refractivity contribution in [3.05, 3.63) is 60.2 Å². The Labute approximate surface area is 129 Å². The van der Waals surface area contributed by atoms with Crippen molar-refractivity contribution in [2.45, 2.75) is 12.5 Å². The van der Waals surface area contributed by atoms with Gasteiger partial charge in [0.15, 0.2) is 0 Å². The maximum atomic E-state index is 12.4. The maximum absolute atomic E-state index is 12.4. The van der Waals surface area contributed by atoms with Crippen LogP contribution in [0.1, 0.15) is 16.8 Å². The predicted octanol–water partition coefficient (Wildman–Crippen LogP) is 2.31. The average Bonchev–Trinajstić information content (AvgIpc) is 2.86. The van der Waals surface area contributed by atoms with Gasteiger partial charge in [0.1, 0.15) is 0 Å². The highest BCUT2D eigenvalue weighted by Crippen LogP contribution is 2.20. The number of rotatable bonds is 3. The normalized spacial score (nSPS) is 17.6. The van der Waals surface area contributed by atoms with E-state index in [9.17, 15) is 9.59 Å². The third-order valence-electron chi connectivity index (χ3n) is 3.91. The van der Waals surface area contributed by atoms with Gasteiger partial charge in [-0.2, -0.15) is 0 Å². The summed E-state index contributed by atoms with van der Waals surface area (Å²) >= 11 is 0. The molecule has 0 bridgehead atoms. The standard InChI is InChI=1S/C18H18N2O2/c1-20-12-16(11-17(20)21)19-18(22)15-9-5-8-14(10-15)13-6-3-2-4-7-13/h2-10,16H,11-12H2,1H3,(H,19,22). The van der Waals surface area contributed by atoms with E-state index in [1.807, 2.05) is 48.5 Å². The third-order valence-corrected chi connectivity index (χ3v) is 3.91. The van der Waals surface area contributed by atoms with E-state index in [1.165, 1.54) is 0 Å². The molecule has 3 rings (SSSR count). The molecule has 2 aromatic rings. The molecule has 1 N–H and O–H groups in total. The second-order valence-electron chi connectivity index (χ2n) is 5.60. The number of hydrogen-bond acceptors (Lipinski definition) is 2. The molecule has 1 saturated heterocycles. The van der Waals surface area contributed by atoms with Crippen LogP contribution in [0.3, 0.4) is 0 Å². The van der Waals surface area contributed by atoms with Crippen molar-refractivity contribution in [3.8, 4) is 11.1 Å². The molecular weight excluding hydrogens is 276 g/mol. The highest BCUT2D eigenvalue weighted by Gasteiger charge is 2.28. The number of benzene rings is 2. The lowest BCUT2D eigenvalue weighted by molar-refractivity contribution is -0.126. The third kappa shape index (κ3) is 3.01. The summed E-state index contributed by atoms with van der Waals surface area (Å²) in [5, 5.41) is 2.93. The number of carbonyl (C=O) groups is 2. The number of amides is 2. The number of nitrogens with zero attached hydrogens (tertiary/aromatic N) is 1. The molecule has 1 heterocycles. The topological polar surface area (TPSA) is 49.4 Å². The van der Waals surface area contributed by atoms with Gasteiger partial charge in [0, 0.05) is 25.6 Å². The first-order valence-corrected chi connectivity index (χ1v) is 7.34. The molecule has 0 aliphatic carbocycles. The average molecular weight is 294 g/mol. The molecule has 4 heteroatoms. The number of nitrogens with one attached hydrogen (secondary N) is 1. The fourth-order valence-electron chi connectivity index (χ4n) is 2.70. The van der Waals surface area contributed by atoms with Crippen LogP contribution in [0.15, 0.2) is 54.6 Å². The number of likely N-dealkylation sites (N-methyl/N-ethyl adjacent to an activating group) is 1. The van der Waals surface area contributed by atoms with E-state index in [0.29, 0.717) is 18.5 Å².